The number of benzene rings is 1. The average Bonchev–Trinajstić information content (AvgIpc) is 3.44. The Bertz CT molecular complexity index is 1250. The molecule has 3 aromatic rings. The Balaban J connectivity index is 1.87. The fraction of sp³-hybridized carbons (Fsp3) is 0.385. The molecule has 2 aromatic heterocycles. The van der Waals surface area contributed by atoms with E-state index in [0.29, 0.717) is 26.9 Å². The van der Waals surface area contributed by atoms with E-state index in [1.807, 2.05) is 44.2 Å². The summed E-state index contributed by atoms with van der Waals surface area (Å²) in [5.41, 5.74) is 0.214. The van der Waals surface area contributed by atoms with E-state index in [1.54, 1.807) is 6.92 Å². The Morgan fingerprint density at radius 3 is 2.51 bits per heavy atom. The number of amides is 1. The standard InChI is InChI=1S/C26H28N2O6S/c1-14(2)34-17(16-9-7-6-8-10-16)13-28-23(30)19(26(4,5)25(31)32)20(29)18-15(3)21(35-24(18)28)22-27-11-12-33-22/h6-12,14,17,19H,13H2,1-5H3,(H,31,32)/t17-,19?/m1/s1. The summed E-state index contributed by atoms with van der Waals surface area (Å²) in [6, 6.07) is 9.53. The number of nitrogens with zero attached hydrogens (tertiary/aromatic N) is 2. The van der Waals surface area contributed by atoms with Crippen LogP contribution in [0.1, 0.15) is 55.3 Å². The molecule has 0 spiro atoms. The number of Topliss-reactive ketones (excluding diaryl/α,β-unsaturated/α-hetero) is 1. The van der Waals surface area contributed by atoms with Crippen molar-refractivity contribution in [3.8, 4) is 10.8 Å². The molecule has 1 aliphatic heterocycles. The van der Waals surface area contributed by atoms with Crippen molar-refractivity contribution in [3.63, 3.8) is 0 Å². The van der Waals surface area contributed by atoms with Gasteiger partial charge in [0.25, 0.3) is 0 Å². The molecular formula is C26H28N2O6S. The van der Waals surface area contributed by atoms with Crippen LogP contribution in [0.25, 0.3) is 10.8 Å². The van der Waals surface area contributed by atoms with Crippen LogP contribution in [-0.4, -0.2) is 40.4 Å². The maximum atomic E-state index is 13.9. The number of aromatic nitrogens is 1. The van der Waals surface area contributed by atoms with E-state index in [9.17, 15) is 19.5 Å². The van der Waals surface area contributed by atoms with Crippen LogP contribution in [0.3, 0.4) is 0 Å². The normalized spacial score (nSPS) is 17.1. The Hall–Kier alpha value is -3.30. The van der Waals surface area contributed by atoms with Gasteiger partial charge in [-0.3, -0.25) is 19.3 Å². The minimum absolute atomic E-state index is 0.123. The molecule has 0 bridgehead atoms. The molecule has 3 heterocycles. The summed E-state index contributed by atoms with van der Waals surface area (Å²) < 4.78 is 11.7. The Morgan fingerprint density at radius 1 is 1.26 bits per heavy atom. The number of carboxylic acids is 1. The minimum Gasteiger partial charge on any atom is -0.481 e. The van der Waals surface area contributed by atoms with Crippen molar-refractivity contribution in [3.05, 3.63) is 59.5 Å². The van der Waals surface area contributed by atoms with Crippen molar-refractivity contribution >= 4 is 34.0 Å². The molecule has 0 saturated carbocycles. The quantitative estimate of drug-likeness (QED) is 0.430. The summed E-state index contributed by atoms with van der Waals surface area (Å²) in [5.74, 6) is -3.31. The van der Waals surface area contributed by atoms with Crippen LogP contribution in [0.15, 0.2) is 47.2 Å². The van der Waals surface area contributed by atoms with Gasteiger partial charge < -0.3 is 14.3 Å². The molecule has 0 fully saturated rings. The van der Waals surface area contributed by atoms with Gasteiger partial charge in [0.1, 0.15) is 23.3 Å². The van der Waals surface area contributed by atoms with Crippen molar-refractivity contribution in [2.24, 2.45) is 11.3 Å². The second-order valence-corrected chi connectivity index (χ2v) is 10.4. The number of rotatable bonds is 8. The summed E-state index contributed by atoms with van der Waals surface area (Å²) in [7, 11) is 0. The number of hydrogen-bond donors (Lipinski definition) is 1. The number of carboxylic acid groups (broad SMARTS) is 1. The van der Waals surface area contributed by atoms with E-state index in [-0.39, 0.29) is 12.6 Å². The second kappa shape index (κ2) is 9.39. The molecule has 2 atom stereocenters. The Labute approximate surface area is 207 Å². The maximum absolute atomic E-state index is 13.9. The zero-order valence-corrected chi connectivity index (χ0v) is 21.1. The van der Waals surface area contributed by atoms with Gasteiger partial charge in [-0.2, -0.15) is 0 Å². The molecule has 1 aromatic carbocycles. The van der Waals surface area contributed by atoms with E-state index < -0.39 is 35.1 Å². The van der Waals surface area contributed by atoms with Crippen molar-refractivity contribution in [2.45, 2.75) is 46.8 Å². The number of anilines is 1. The van der Waals surface area contributed by atoms with Gasteiger partial charge in [0.2, 0.25) is 11.8 Å². The van der Waals surface area contributed by atoms with Crippen molar-refractivity contribution in [1.82, 2.24) is 4.98 Å². The minimum atomic E-state index is -1.61. The van der Waals surface area contributed by atoms with Gasteiger partial charge in [-0.1, -0.05) is 30.3 Å². The molecule has 4 rings (SSSR count). The fourth-order valence-corrected chi connectivity index (χ4v) is 5.62. The first kappa shape index (κ1) is 24.8. The summed E-state index contributed by atoms with van der Waals surface area (Å²) >= 11 is 1.24. The molecule has 35 heavy (non-hydrogen) atoms. The lowest BCUT2D eigenvalue weighted by molar-refractivity contribution is -0.152. The number of aliphatic carboxylic acids is 1. The Kier molecular flexibility index (Phi) is 6.66. The number of fused-ring (bicyclic) bond motifs is 1. The Morgan fingerprint density at radius 2 is 1.94 bits per heavy atom. The molecule has 8 nitrogen and oxygen atoms in total. The highest BCUT2D eigenvalue weighted by Crippen LogP contribution is 2.48. The molecule has 9 heteroatoms. The third kappa shape index (κ3) is 4.41. The monoisotopic (exact) mass is 496 g/mol. The molecule has 1 amide bonds. The number of carbonyl (C=O) groups excluding carboxylic acids is 2. The van der Waals surface area contributed by atoms with Gasteiger partial charge in [-0.25, -0.2) is 4.98 Å². The van der Waals surface area contributed by atoms with Crippen LogP contribution in [0, 0.1) is 18.3 Å². The second-order valence-electron chi connectivity index (χ2n) is 9.43. The van der Waals surface area contributed by atoms with Gasteiger partial charge in [0.05, 0.1) is 34.7 Å². The lowest BCUT2D eigenvalue weighted by Gasteiger charge is -2.38. The van der Waals surface area contributed by atoms with Crippen LogP contribution in [0.5, 0.6) is 0 Å². The predicted molar refractivity (Wildman–Crippen MR) is 132 cm³/mol. The molecule has 1 unspecified atom stereocenters. The zero-order chi connectivity index (χ0) is 25.5. The van der Waals surface area contributed by atoms with Crippen molar-refractivity contribution in [2.75, 3.05) is 11.4 Å². The molecule has 1 aliphatic rings. The summed E-state index contributed by atoms with van der Waals surface area (Å²) in [6.07, 6.45) is 2.34. The number of ether oxygens (including phenoxy) is 1. The van der Waals surface area contributed by atoms with Gasteiger partial charge >= 0.3 is 5.97 Å². The smallest absolute Gasteiger partial charge is 0.310 e. The van der Waals surface area contributed by atoms with Crippen LogP contribution < -0.4 is 4.90 Å². The van der Waals surface area contributed by atoms with Gasteiger partial charge in [0.15, 0.2) is 5.78 Å². The topological polar surface area (TPSA) is 110 Å². The first-order chi connectivity index (χ1) is 16.5. The lowest BCUT2D eigenvalue weighted by atomic mass is 9.72. The van der Waals surface area contributed by atoms with E-state index in [4.69, 9.17) is 9.15 Å². The van der Waals surface area contributed by atoms with Crippen LogP contribution in [-0.2, 0) is 14.3 Å². The fourth-order valence-electron chi connectivity index (χ4n) is 4.35. The van der Waals surface area contributed by atoms with E-state index in [1.165, 1.54) is 42.5 Å². The van der Waals surface area contributed by atoms with Gasteiger partial charge in [0, 0.05) is 0 Å². The largest absolute Gasteiger partial charge is 0.481 e. The third-order valence-corrected chi connectivity index (χ3v) is 7.55. The first-order valence-electron chi connectivity index (χ1n) is 11.4. The van der Waals surface area contributed by atoms with Crippen LogP contribution >= 0.6 is 11.3 Å². The highest BCUT2D eigenvalue weighted by atomic mass is 32.1. The molecular weight excluding hydrogens is 468 g/mol. The zero-order valence-electron chi connectivity index (χ0n) is 20.3. The number of hydrogen-bond acceptors (Lipinski definition) is 7. The molecule has 1 N–H and O–H groups in total. The summed E-state index contributed by atoms with van der Waals surface area (Å²) in [6.45, 7) is 8.54. The summed E-state index contributed by atoms with van der Waals surface area (Å²) in [5, 5.41) is 10.4. The van der Waals surface area contributed by atoms with E-state index in [0.717, 1.165) is 5.56 Å². The number of thiophene rings is 1. The molecule has 0 radical (unpaired) electrons. The molecule has 0 saturated heterocycles. The number of ketones is 1. The summed E-state index contributed by atoms with van der Waals surface area (Å²) in [4.78, 5) is 46.0. The average molecular weight is 497 g/mol. The van der Waals surface area contributed by atoms with Crippen molar-refractivity contribution in [1.29, 1.82) is 0 Å². The number of oxazole rings is 1. The van der Waals surface area contributed by atoms with Gasteiger partial charge in [-0.15, -0.1) is 11.3 Å². The maximum Gasteiger partial charge on any atom is 0.310 e. The number of carbonyl (C=O) groups is 3. The molecule has 0 aliphatic carbocycles. The van der Waals surface area contributed by atoms with E-state index >= 15 is 0 Å². The first-order valence-corrected chi connectivity index (χ1v) is 12.2. The SMILES string of the molecule is Cc1c(-c2ncco2)sc2c1C(=O)C(C(C)(C)C(=O)O)C(=O)N2C[C@@H](OC(C)C)c1ccccc1. The highest BCUT2D eigenvalue weighted by molar-refractivity contribution is 7.20. The van der Waals surface area contributed by atoms with Gasteiger partial charge in [-0.05, 0) is 45.7 Å². The predicted octanol–water partition coefficient (Wildman–Crippen LogP) is 5.13. The van der Waals surface area contributed by atoms with Crippen LogP contribution in [0.4, 0.5) is 5.00 Å². The van der Waals surface area contributed by atoms with Crippen LogP contribution in [0.2, 0.25) is 0 Å². The highest BCUT2D eigenvalue weighted by Gasteiger charge is 2.53. The van der Waals surface area contributed by atoms with E-state index in [2.05, 4.69) is 4.98 Å². The molecule has 184 valence electrons. The lowest BCUT2D eigenvalue weighted by Crippen LogP contribution is -2.53. The third-order valence-electron chi connectivity index (χ3n) is 6.25. The van der Waals surface area contributed by atoms with Crippen molar-refractivity contribution < 1.29 is 28.6 Å².